The summed E-state index contributed by atoms with van der Waals surface area (Å²) in [7, 11) is 0. The third-order valence-electron chi connectivity index (χ3n) is 7.17. The summed E-state index contributed by atoms with van der Waals surface area (Å²) < 4.78 is 2.35. The van der Waals surface area contributed by atoms with Gasteiger partial charge in [-0.1, -0.05) is 36.8 Å². The van der Waals surface area contributed by atoms with Crippen LogP contribution in [-0.4, -0.2) is 69.1 Å². The molecule has 5 rings (SSSR count). The first-order valence-electron chi connectivity index (χ1n) is 12.6. The lowest BCUT2D eigenvalue weighted by Crippen LogP contribution is -2.42. The molecule has 7 heteroatoms. The number of hydrogen-bond acceptors (Lipinski definition) is 5. The minimum absolute atomic E-state index is 0.132. The number of likely N-dealkylation sites (tertiary alicyclic amines) is 1. The molecule has 3 aromatic rings. The molecule has 2 aromatic carbocycles. The molecule has 2 aliphatic rings. The Labute approximate surface area is 206 Å². The Bertz CT molecular complexity index is 1090. The van der Waals surface area contributed by atoms with Crippen LogP contribution < -0.4 is 5.73 Å². The molecular weight excluding hydrogens is 442 g/mol. The molecule has 1 unspecified atom stereocenters. The van der Waals surface area contributed by atoms with Gasteiger partial charge in [0, 0.05) is 23.9 Å². The van der Waals surface area contributed by atoms with Gasteiger partial charge < -0.3 is 15.5 Å². The van der Waals surface area contributed by atoms with Gasteiger partial charge in [-0.05, 0) is 69.6 Å². The van der Waals surface area contributed by atoms with E-state index in [4.69, 9.17) is 10.7 Å². The van der Waals surface area contributed by atoms with Crippen LogP contribution in [0.25, 0.3) is 16.7 Å². The molecule has 2 fully saturated rings. The number of unbranched alkanes of at least 4 members (excludes halogenated alkanes) is 1. The summed E-state index contributed by atoms with van der Waals surface area (Å²) in [5.74, 6) is 3.63. The van der Waals surface area contributed by atoms with E-state index in [-0.39, 0.29) is 11.9 Å². The number of para-hydroxylation sites is 3. The number of fused-ring (bicyclic) bond motifs is 1. The Kier molecular flexibility index (Phi) is 7.52. The molecule has 3 heterocycles. The number of nitrogens with zero attached hydrogens (tertiary/aromatic N) is 4. The zero-order valence-electron chi connectivity index (χ0n) is 19.8. The van der Waals surface area contributed by atoms with Crippen molar-refractivity contribution < 1.29 is 4.79 Å². The normalized spacial score (nSPS) is 18.6. The van der Waals surface area contributed by atoms with Gasteiger partial charge in [-0.3, -0.25) is 9.36 Å². The van der Waals surface area contributed by atoms with Crippen molar-refractivity contribution in [3.05, 3.63) is 60.4 Å². The number of carbonyl (C=O) groups is 1. The first-order chi connectivity index (χ1) is 16.7. The minimum Gasteiger partial charge on any atom is -0.331 e. The maximum atomic E-state index is 12.4. The predicted molar refractivity (Wildman–Crippen MR) is 140 cm³/mol. The molecule has 34 heavy (non-hydrogen) atoms. The van der Waals surface area contributed by atoms with E-state index in [2.05, 4.69) is 64.1 Å². The van der Waals surface area contributed by atoms with Gasteiger partial charge in [0.05, 0.1) is 23.0 Å². The summed E-state index contributed by atoms with van der Waals surface area (Å²) in [6.45, 7) is 4.13. The molecule has 6 nitrogen and oxygen atoms in total. The van der Waals surface area contributed by atoms with Gasteiger partial charge in [0.1, 0.15) is 5.82 Å². The molecule has 0 spiro atoms. The van der Waals surface area contributed by atoms with E-state index in [1.54, 1.807) is 0 Å². The number of amides is 1. The Morgan fingerprint density at radius 3 is 2.56 bits per heavy atom. The van der Waals surface area contributed by atoms with Crippen molar-refractivity contribution in [1.29, 1.82) is 0 Å². The van der Waals surface area contributed by atoms with E-state index in [1.807, 2.05) is 16.7 Å². The Morgan fingerprint density at radius 2 is 1.79 bits per heavy atom. The number of hydrogen-bond donors (Lipinski definition) is 1. The zero-order chi connectivity index (χ0) is 23.3. The molecule has 1 aromatic heterocycles. The summed E-state index contributed by atoms with van der Waals surface area (Å²) in [6, 6.07) is 18.7. The molecular formula is C27H35N5OS. The van der Waals surface area contributed by atoms with Crippen LogP contribution in [0.1, 0.15) is 43.8 Å². The lowest BCUT2D eigenvalue weighted by atomic mass is 9.95. The topological polar surface area (TPSA) is 67.4 Å². The molecule has 0 radical (unpaired) electrons. The van der Waals surface area contributed by atoms with Gasteiger partial charge in [-0.2, -0.15) is 0 Å². The third kappa shape index (κ3) is 5.16. The number of thioether (sulfide) groups is 1. The molecule has 0 bridgehead atoms. The molecule has 2 aliphatic heterocycles. The van der Waals surface area contributed by atoms with E-state index in [0.29, 0.717) is 5.92 Å². The van der Waals surface area contributed by atoms with Crippen LogP contribution >= 0.6 is 11.8 Å². The third-order valence-corrected chi connectivity index (χ3v) is 8.14. The van der Waals surface area contributed by atoms with Gasteiger partial charge in [0.25, 0.3) is 0 Å². The number of carbonyl (C=O) groups excluding carboxylic acids is 1. The standard InChI is InChI=1S/C27H35N5OS/c28-23(27(33)31-18-19-34-20-31)10-6-7-15-30-16-13-21(14-17-30)26-29-24-11-4-5-12-25(24)32(26)22-8-2-1-3-9-22/h1-5,8-9,11-12,21,23H,6-7,10,13-20,28H2. The van der Waals surface area contributed by atoms with Crippen LogP contribution in [0.2, 0.25) is 0 Å². The van der Waals surface area contributed by atoms with E-state index in [0.717, 1.165) is 75.4 Å². The number of piperidine rings is 1. The van der Waals surface area contributed by atoms with Gasteiger partial charge in [-0.15, -0.1) is 11.8 Å². The van der Waals surface area contributed by atoms with Crippen molar-refractivity contribution in [3.63, 3.8) is 0 Å². The van der Waals surface area contributed by atoms with Crippen molar-refractivity contribution in [1.82, 2.24) is 19.4 Å². The average Bonchev–Trinajstić information content (AvgIpc) is 3.55. The van der Waals surface area contributed by atoms with Crippen LogP contribution in [0.15, 0.2) is 54.6 Å². The summed E-state index contributed by atoms with van der Waals surface area (Å²) in [5, 5.41) is 0. The highest BCUT2D eigenvalue weighted by Gasteiger charge is 2.26. The zero-order valence-corrected chi connectivity index (χ0v) is 20.6. The number of rotatable bonds is 8. The van der Waals surface area contributed by atoms with Crippen LogP contribution in [0.5, 0.6) is 0 Å². The molecule has 2 saturated heterocycles. The first kappa shape index (κ1) is 23.4. The molecule has 180 valence electrons. The molecule has 2 N–H and O–H groups in total. The Hall–Kier alpha value is -2.35. The largest absolute Gasteiger partial charge is 0.331 e. The molecule has 1 atom stereocenters. The van der Waals surface area contributed by atoms with Crippen molar-refractivity contribution in [3.8, 4) is 5.69 Å². The fourth-order valence-corrected chi connectivity index (χ4v) is 6.18. The van der Waals surface area contributed by atoms with E-state index in [9.17, 15) is 4.79 Å². The van der Waals surface area contributed by atoms with Gasteiger partial charge >= 0.3 is 0 Å². The van der Waals surface area contributed by atoms with Crippen LogP contribution in [0.3, 0.4) is 0 Å². The van der Waals surface area contributed by atoms with Crippen molar-refractivity contribution in [2.24, 2.45) is 5.73 Å². The quantitative estimate of drug-likeness (QED) is 0.492. The summed E-state index contributed by atoms with van der Waals surface area (Å²) in [6.07, 6.45) is 5.15. The average molecular weight is 478 g/mol. The Morgan fingerprint density at radius 1 is 1.03 bits per heavy atom. The monoisotopic (exact) mass is 477 g/mol. The molecule has 1 amide bonds. The lowest BCUT2D eigenvalue weighted by molar-refractivity contribution is -0.131. The van der Waals surface area contributed by atoms with Crippen molar-refractivity contribution in [2.45, 2.75) is 44.1 Å². The number of nitrogens with two attached hydrogens (primary N) is 1. The highest BCUT2D eigenvalue weighted by Crippen LogP contribution is 2.32. The summed E-state index contributed by atoms with van der Waals surface area (Å²) in [5.41, 5.74) is 9.61. The molecule has 0 saturated carbocycles. The second-order valence-corrected chi connectivity index (χ2v) is 10.6. The summed E-state index contributed by atoms with van der Waals surface area (Å²) >= 11 is 1.81. The smallest absolute Gasteiger partial charge is 0.240 e. The maximum Gasteiger partial charge on any atom is 0.240 e. The van der Waals surface area contributed by atoms with Gasteiger partial charge in [0.15, 0.2) is 0 Å². The second kappa shape index (κ2) is 10.9. The van der Waals surface area contributed by atoms with Crippen molar-refractivity contribution >= 4 is 28.7 Å². The molecule has 0 aliphatic carbocycles. The van der Waals surface area contributed by atoms with Crippen molar-refractivity contribution in [2.75, 3.05) is 37.8 Å². The highest BCUT2D eigenvalue weighted by molar-refractivity contribution is 7.99. The maximum absolute atomic E-state index is 12.4. The van der Waals surface area contributed by atoms with E-state index >= 15 is 0 Å². The van der Waals surface area contributed by atoms with E-state index in [1.165, 1.54) is 17.0 Å². The van der Waals surface area contributed by atoms with Crippen LogP contribution in [-0.2, 0) is 4.79 Å². The van der Waals surface area contributed by atoms with Crippen LogP contribution in [0.4, 0.5) is 0 Å². The number of benzene rings is 2. The second-order valence-electron chi connectivity index (χ2n) is 9.49. The first-order valence-corrected chi connectivity index (χ1v) is 13.7. The summed E-state index contributed by atoms with van der Waals surface area (Å²) in [4.78, 5) is 21.9. The van der Waals surface area contributed by atoms with Crippen LogP contribution in [0, 0.1) is 0 Å². The number of aromatic nitrogens is 2. The minimum atomic E-state index is -0.338. The fraction of sp³-hybridized carbons (Fsp3) is 0.481. The lowest BCUT2D eigenvalue weighted by Gasteiger charge is -2.32. The predicted octanol–water partition coefficient (Wildman–Crippen LogP) is 4.24. The van der Waals surface area contributed by atoms with Gasteiger partial charge in [-0.25, -0.2) is 4.98 Å². The van der Waals surface area contributed by atoms with E-state index < -0.39 is 0 Å². The Balaban J connectivity index is 1.14. The highest BCUT2D eigenvalue weighted by atomic mass is 32.2. The fourth-order valence-electron chi connectivity index (χ4n) is 5.23. The van der Waals surface area contributed by atoms with Gasteiger partial charge in [0.2, 0.25) is 5.91 Å². The SMILES string of the molecule is NC(CCCCN1CCC(c2nc3ccccc3n2-c2ccccc2)CC1)C(=O)N1CCSC1. The number of imidazole rings is 1.